The maximum Gasteiger partial charge on any atom is 0.119 e. The van der Waals surface area contributed by atoms with E-state index in [1.807, 2.05) is 49.4 Å². The molecule has 0 aliphatic rings. The summed E-state index contributed by atoms with van der Waals surface area (Å²) in [6.45, 7) is 2.55. The normalized spacial score (nSPS) is 9.83. The van der Waals surface area contributed by atoms with Gasteiger partial charge in [0.15, 0.2) is 0 Å². The molecule has 4 heteroatoms. The molecule has 2 rings (SSSR count). The number of ether oxygens (including phenoxy) is 1. The predicted octanol–water partition coefficient (Wildman–Crippen LogP) is 3.90. The highest BCUT2D eigenvalue weighted by molar-refractivity contribution is 5.62. The largest absolute Gasteiger partial charge is 0.494 e. The van der Waals surface area contributed by atoms with E-state index in [1.54, 1.807) is 12.1 Å². The summed E-state index contributed by atoms with van der Waals surface area (Å²) in [5, 5.41) is 4.39. The Bertz CT molecular complexity index is 497. The molecule has 4 nitrogen and oxygen atoms in total. The van der Waals surface area contributed by atoms with Crippen LogP contribution in [0.15, 0.2) is 59.9 Å². The van der Waals surface area contributed by atoms with Crippen LogP contribution in [0.5, 0.6) is 5.75 Å². The second kappa shape index (κ2) is 5.82. The van der Waals surface area contributed by atoms with Crippen LogP contribution in [0.3, 0.4) is 0 Å². The van der Waals surface area contributed by atoms with Crippen LogP contribution in [0.4, 0.5) is 11.4 Å². The zero-order valence-corrected chi connectivity index (χ0v) is 10.1. The molecule has 0 saturated heterocycles. The van der Waals surface area contributed by atoms with Crippen molar-refractivity contribution in [3.05, 3.63) is 59.5 Å². The molecule has 2 aromatic carbocycles. The summed E-state index contributed by atoms with van der Waals surface area (Å²) in [7, 11) is 0. The van der Waals surface area contributed by atoms with Crippen LogP contribution in [0.25, 0.3) is 0 Å². The van der Waals surface area contributed by atoms with Gasteiger partial charge in [-0.15, -0.1) is 4.91 Å². The van der Waals surface area contributed by atoms with Crippen LogP contribution >= 0.6 is 0 Å². The van der Waals surface area contributed by atoms with Gasteiger partial charge in [0.1, 0.15) is 5.75 Å². The minimum Gasteiger partial charge on any atom is -0.494 e. The molecule has 0 saturated carbocycles. The van der Waals surface area contributed by atoms with Gasteiger partial charge in [0, 0.05) is 0 Å². The van der Waals surface area contributed by atoms with Crippen LogP contribution in [0.1, 0.15) is 6.92 Å². The van der Waals surface area contributed by atoms with Gasteiger partial charge in [-0.1, -0.05) is 18.2 Å². The van der Waals surface area contributed by atoms with Gasteiger partial charge in [-0.25, -0.2) is 0 Å². The molecule has 18 heavy (non-hydrogen) atoms. The lowest BCUT2D eigenvalue weighted by Crippen LogP contribution is -2.07. The van der Waals surface area contributed by atoms with E-state index >= 15 is 0 Å². The van der Waals surface area contributed by atoms with E-state index in [0.29, 0.717) is 12.3 Å². The Morgan fingerprint density at radius 3 is 2.17 bits per heavy atom. The SMILES string of the molecule is CCOc1ccc(N(N=O)c2ccccc2)cc1. The first-order valence-electron chi connectivity index (χ1n) is 5.76. The molecule has 0 fully saturated rings. The molecule has 0 N–H and O–H groups in total. The molecule has 0 bridgehead atoms. The van der Waals surface area contributed by atoms with Crippen LogP contribution in [0, 0.1) is 4.91 Å². The molecule has 0 radical (unpaired) electrons. The smallest absolute Gasteiger partial charge is 0.119 e. The Hall–Kier alpha value is -2.36. The van der Waals surface area contributed by atoms with Crippen molar-refractivity contribution < 1.29 is 4.74 Å². The Morgan fingerprint density at radius 2 is 1.61 bits per heavy atom. The van der Waals surface area contributed by atoms with Gasteiger partial charge in [-0.2, -0.15) is 5.01 Å². The van der Waals surface area contributed by atoms with Crippen LogP contribution < -0.4 is 9.75 Å². The van der Waals surface area contributed by atoms with E-state index < -0.39 is 0 Å². The molecule has 0 aliphatic heterocycles. The Labute approximate surface area is 106 Å². The summed E-state index contributed by atoms with van der Waals surface area (Å²) in [5.74, 6) is 0.778. The number of anilines is 2. The highest BCUT2D eigenvalue weighted by Gasteiger charge is 2.08. The molecule has 0 amide bonds. The number of hydrogen-bond donors (Lipinski definition) is 0. The third-order valence-corrected chi connectivity index (χ3v) is 2.47. The molecule has 2 aromatic rings. The molecule has 0 aromatic heterocycles. The third-order valence-electron chi connectivity index (χ3n) is 2.47. The topological polar surface area (TPSA) is 41.9 Å². The number of nitrogens with zero attached hydrogens (tertiary/aromatic N) is 2. The summed E-state index contributed by atoms with van der Waals surface area (Å²) in [6, 6.07) is 16.5. The number of hydrogen-bond acceptors (Lipinski definition) is 3. The average Bonchev–Trinajstić information content (AvgIpc) is 2.43. The minimum absolute atomic E-state index is 0.619. The van der Waals surface area contributed by atoms with Crippen molar-refractivity contribution in [3.8, 4) is 5.75 Å². The van der Waals surface area contributed by atoms with Gasteiger partial charge in [0.25, 0.3) is 0 Å². The van der Waals surface area contributed by atoms with Crippen LogP contribution in [0.2, 0.25) is 0 Å². The highest BCUT2D eigenvalue weighted by atomic mass is 16.5. The summed E-state index contributed by atoms with van der Waals surface area (Å²) >= 11 is 0. The molecular weight excluding hydrogens is 228 g/mol. The average molecular weight is 242 g/mol. The van der Waals surface area contributed by atoms with Crippen molar-refractivity contribution in [2.45, 2.75) is 6.92 Å². The van der Waals surface area contributed by atoms with Crippen molar-refractivity contribution in [1.29, 1.82) is 0 Å². The number of rotatable bonds is 5. The molecule has 0 heterocycles. The summed E-state index contributed by atoms with van der Waals surface area (Å²) in [6.07, 6.45) is 0. The second-order valence-electron chi connectivity index (χ2n) is 3.66. The van der Waals surface area contributed by atoms with Gasteiger partial charge in [0.05, 0.1) is 23.3 Å². The van der Waals surface area contributed by atoms with Gasteiger partial charge in [-0.05, 0) is 43.3 Å². The fourth-order valence-electron chi connectivity index (χ4n) is 1.66. The standard InChI is InChI=1S/C14H14N2O2/c1-2-18-14-10-8-13(9-11-14)16(15-17)12-6-4-3-5-7-12/h3-11H,2H2,1H3. The Kier molecular flexibility index (Phi) is 3.91. The van der Waals surface area contributed by atoms with E-state index in [-0.39, 0.29) is 0 Å². The zero-order valence-electron chi connectivity index (χ0n) is 10.1. The van der Waals surface area contributed by atoms with Crippen molar-refractivity contribution in [1.82, 2.24) is 0 Å². The van der Waals surface area contributed by atoms with Gasteiger partial charge >= 0.3 is 0 Å². The van der Waals surface area contributed by atoms with E-state index in [9.17, 15) is 4.91 Å². The molecule has 92 valence electrons. The fraction of sp³-hybridized carbons (Fsp3) is 0.143. The predicted molar refractivity (Wildman–Crippen MR) is 72.0 cm³/mol. The van der Waals surface area contributed by atoms with E-state index in [1.165, 1.54) is 5.01 Å². The zero-order chi connectivity index (χ0) is 12.8. The Balaban J connectivity index is 2.25. The quantitative estimate of drug-likeness (QED) is 0.589. The van der Waals surface area contributed by atoms with E-state index in [4.69, 9.17) is 4.74 Å². The summed E-state index contributed by atoms with van der Waals surface area (Å²) in [4.78, 5) is 11.0. The monoisotopic (exact) mass is 242 g/mol. The fourth-order valence-corrected chi connectivity index (χ4v) is 1.66. The lowest BCUT2D eigenvalue weighted by atomic mass is 10.2. The molecule has 0 atom stereocenters. The lowest BCUT2D eigenvalue weighted by Gasteiger charge is -2.15. The van der Waals surface area contributed by atoms with E-state index in [2.05, 4.69) is 5.29 Å². The maximum atomic E-state index is 11.0. The van der Waals surface area contributed by atoms with Crippen molar-refractivity contribution in [2.75, 3.05) is 11.6 Å². The first-order chi connectivity index (χ1) is 8.85. The maximum absolute atomic E-state index is 11.0. The Morgan fingerprint density at radius 1 is 1.00 bits per heavy atom. The van der Waals surface area contributed by atoms with Crippen molar-refractivity contribution in [3.63, 3.8) is 0 Å². The lowest BCUT2D eigenvalue weighted by molar-refractivity contribution is 0.340. The van der Waals surface area contributed by atoms with Gasteiger partial charge < -0.3 is 4.74 Å². The second-order valence-corrected chi connectivity index (χ2v) is 3.66. The summed E-state index contributed by atoms with van der Waals surface area (Å²) < 4.78 is 5.35. The first-order valence-corrected chi connectivity index (χ1v) is 5.76. The number of para-hydroxylation sites is 1. The highest BCUT2D eigenvalue weighted by Crippen LogP contribution is 2.27. The minimum atomic E-state index is 0.619. The van der Waals surface area contributed by atoms with Crippen LogP contribution in [-0.4, -0.2) is 6.61 Å². The molecule has 0 unspecified atom stereocenters. The van der Waals surface area contributed by atoms with Crippen molar-refractivity contribution in [2.24, 2.45) is 5.29 Å². The van der Waals surface area contributed by atoms with Gasteiger partial charge in [-0.3, -0.25) is 0 Å². The first kappa shape index (κ1) is 12.1. The van der Waals surface area contributed by atoms with E-state index in [0.717, 1.165) is 11.4 Å². The molecular formula is C14H14N2O2. The summed E-state index contributed by atoms with van der Waals surface area (Å²) in [5.41, 5.74) is 1.44. The number of benzene rings is 2. The number of nitroso groups, excluding NO2 is 1. The van der Waals surface area contributed by atoms with Gasteiger partial charge in [0.2, 0.25) is 0 Å². The van der Waals surface area contributed by atoms with Crippen molar-refractivity contribution >= 4 is 11.4 Å². The molecule has 0 aliphatic carbocycles. The third kappa shape index (κ3) is 2.66. The molecule has 0 spiro atoms. The van der Waals surface area contributed by atoms with Crippen LogP contribution in [-0.2, 0) is 0 Å².